The molecular weight excluding hydrogens is 321 g/mol. The molecule has 0 aliphatic rings. The molecule has 0 unspecified atom stereocenters. The molecule has 0 aromatic heterocycles. The van der Waals surface area contributed by atoms with Crippen LogP contribution in [0.3, 0.4) is 0 Å². The molecule has 116 valence electrons. The molecule has 5 heteroatoms. The van der Waals surface area contributed by atoms with E-state index in [1.165, 1.54) is 17.8 Å². The van der Waals surface area contributed by atoms with E-state index in [1.54, 1.807) is 18.2 Å². The van der Waals surface area contributed by atoms with Crippen molar-refractivity contribution in [1.82, 2.24) is 5.32 Å². The van der Waals surface area contributed by atoms with E-state index in [2.05, 4.69) is 5.32 Å². The summed E-state index contributed by atoms with van der Waals surface area (Å²) < 4.78 is 13.6. The van der Waals surface area contributed by atoms with Crippen LogP contribution in [0.25, 0.3) is 0 Å². The Kier molecular flexibility index (Phi) is 6.28. The second-order valence-electron chi connectivity index (χ2n) is 4.88. The Hall–Kier alpha value is -1.52. The van der Waals surface area contributed by atoms with Crippen LogP contribution in [0.2, 0.25) is 5.02 Å². The number of hydrogen-bond acceptors (Lipinski definition) is 2. The van der Waals surface area contributed by atoms with Crippen LogP contribution in [0.5, 0.6) is 0 Å². The molecule has 2 aromatic carbocycles. The monoisotopic (exact) mass is 337 g/mol. The highest BCUT2D eigenvalue weighted by molar-refractivity contribution is 7.98. The van der Waals surface area contributed by atoms with Crippen LogP contribution in [0, 0.1) is 12.7 Å². The zero-order chi connectivity index (χ0) is 15.9. The highest BCUT2D eigenvalue weighted by Crippen LogP contribution is 2.23. The summed E-state index contributed by atoms with van der Waals surface area (Å²) in [4.78, 5) is 11.9. The Morgan fingerprint density at radius 2 is 2.05 bits per heavy atom. The molecule has 0 heterocycles. The lowest BCUT2D eigenvalue weighted by Crippen LogP contribution is -2.25. The molecule has 0 aliphatic heterocycles. The van der Waals surface area contributed by atoms with E-state index in [1.807, 2.05) is 25.1 Å². The van der Waals surface area contributed by atoms with E-state index >= 15 is 0 Å². The van der Waals surface area contributed by atoms with Gasteiger partial charge in [0.25, 0.3) is 5.91 Å². The smallest absolute Gasteiger partial charge is 0.251 e. The number of amides is 1. The Bertz CT molecular complexity index is 643. The second kappa shape index (κ2) is 8.20. The normalized spacial score (nSPS) is 10.5. The summed E-state index contributed by atoms with van der Waals surface area (Å²) >= 11 is 7.50. The number of aryl methyl sites for hydroxylation is 1. The summed E-state index contributed by atoms with van der Waals surface area (Å²) in [6.07, 6.45) is 0. The lowest BCUT2D eigenvalue weighted by molar-refractivity contribution is 0.0956. The summed E-state index contributed by atoms with van der Waals surface area (Å²) in [6.45, 7) is 2.48. The van der Waals surface area contributed by atoms with Gasteiger partial charge in [0, 0.05) is 34.2 Å². The maximum atomic E-state index is 13.6. The number of nitrogens with one attached hydrogen (secondary N) is 1. The number of carbonyl (C=O) groups excluding carboxylic acids is 1. The van der Waals surface area contributed by atoms with Crippen molar-refractivity contribution in [2.24, 2.45) is 0 Å². The first-order valence-corrected chi connectivity index (χ1v) is 8.46. The van der Waals surface area contributed by atoms with Crippen molar-refractivity contribution in [1.29, 1.82) is 0 Å². The van der Waals surface area contributed by atoms with E-state index in [0.717, 1.165) is 5.56 Å². The third-order valence-electron chi connectivity index (χ3n) is 3.12. The minimum atomic E-state index is -0.288. The molecule has 2 nitrogen and oxygen atoms in total. The van der Waals surface area contributed by atoms with E-state index in [9.17, 15) is 9.18 Å². The van der Waals surface area contributed by atoms with Gasteiger partial charge in [0.05, 0.1) is 0 Å². The molecule has 0 bridgehead atoms. The maximum Gasteiger partial charge on any atom is 0.251 e. The zero-order valence-electron chi connectivity index (χ0n) is 12.2. The fourth-order valence-corrected chi connectivity index (χ4v) is 3.17. The minimum Gasteiger partial charge on any atom is -0.351 e. The van der Waals surface area contributed by atoms with Gasteiger partial charge < -0.3 is 5.32 Å². The van der Waals surface area contributed by atoms with Crippen LogP contribution >= 0.6 is 23.4 Å². The van der Waals surface area contributed by atoms with Crippen molar-refractivity contribution in [2.75, 3.05) is 12.3 Å². The highest BCUT2D eigenvalue weighted by atomic mass is 35.5. The van der Waals surface area contributed by atoms with Gasteiger partial charge in [0.2, 0.25) is 0 Å². The lowest BCUT2D eigenvalue weighted by Gasteiger charge is -2.07. The molecule has 0 spiro atoms. The van der Waals surface area contributed by atoms with Crippen molar-refractivity contribution >= 4 is 29.3 Å². The summed E-state index contributed by atoms with van der Waals surface area (Å²) in [6, 6.07) is 12.1. The summed E-state index contributed by atoms with van der Waals surface area (Å²) in [5, 5.41) is 3.30. The predicted octanol–water partition coefficient (Wildman–Crippen LogP) is 4.45. The Labute approximate surface area is 139 Å². The molecule has 2 aromatic rings. The average molecular weight is 338 g/mol. The third kappa shape index (κ3) is 4.75. The summed E-state index contributed by atoms with van der Waals surface area (Å²) in [5.74, 6) is 0.811. The number of carbonyl (C=O) groups is 1. The molecule has 0 saturated heterocycles. The van der Waals surface area contributed by atoms with Crippen LogP contribution in [-0.4, -0.2) is 18.2 Å². The van der Waals surface area contributed by atoms with Gasteiger partial charge in [0.1, 0.15) is 5.82 Å². The molecule has 0 saturated carbocycles. The van der Waals surface area contributed by atoms with Gasteiger partial charge >= 0.3 is 0 Å². The van der Waals surface area contributed by atoms with Gasteiger partial charge in [-0.25, -0.2) is 4.39 Å². The standard InChI is InChI=1S/C17H17ClFNOS/c1-12-4-2-5-13(10-12)17(21)20-8-9-22-11-14-15(18)6-3-7-16(14)19/h2-7,10H,8-9,11H2,1H3,(H,20,21). The molecule has 22 heavy (non-hydrogen) atoms. The Morgan fingerprint density at radius 3 is 2.77 bits per heavy atom. The van der Waals surface area contributed by atoms with Crippen molar-refractivity contribution in [3.63, 3.8) is 0 Å². The summed E-state index contributed by atoms with van der Waals surface area (Å²) in [5.41, 5.74) is 2.22. The molecule has 0 fully saturated rings. The van der Waals surface area contributed by atoms with Crippen molar-refractivity contribution in [2.45, 2.75) is 12.7 Å². The van der Waals surface area contributed by atoms with Gasteiger partial charge in [-0.1, -0.05) is 35.4 Å². The van der Waals surface area contributed by atoms with Gasteiger partial charge in [0.15, 0.2) is 0 Å². The fourth-order valence-electron chi connectivity index (χ4n) is 1.97. The van der Waals surface area contributed by atoms with Gasteiger partial charge in [-0.2, -0.15) is 11.8 Å². The average Bonchev–Trinajstić information content (AvgIpc) is 2.49. The topological polar surface area (TPSA) is 29.1 Å². The zero-order valence-corrected chi connectivity index (χ0v) is 13.8. The number of hydrogen-bond donors (Lipinski definition) is 1. The van der Waals surface area contributed by atoms with Crippen LogP contribution in [0.15, 0.2) is 42.5 Å². The SMILES string of the molecule is Cc1cccc(C(=O)NCCSCc2c(F)cccc2Cl)c1. The number of thioether (sulfide) groups is 1. The third-order valence-corrected chi connectivity index (χ3v) is 4.46. The van der Waals surface area contributed by atoms with Crippen LogP contribution in [-0.2, 0) is 5.75 Å². The van der Waals surface area contributed by atoms with Crippen LogP contribution in [0.1, 0.15) is 21.5 Å². The van der Waals surface area contributed by atoms with Crippen molar-refractivity contribution in [3.8, 4) is 0 Å². The highest BCUT2D eigenvalue weighted by Gasteiger charge is 2.07. The predicted molar refractivity (Wildman–Crippen MR) is 91.1 cm³/mol. The molecular formula is C17H17ClFNOS. The number of rotatable bonds is 6. The van der Waals surface area contributed by atoms with Crippen LogP contribution < -0.4 is 5.32 Å². The molecule has 1 amide bonds. The second-order valence-corrected chi connectivity index (χ2v) is 6.39. The van der Waals surface area contributed by atoms with E-state index in [-0.39, 0.29) is 11.7 Å². The van der Waals surface area contributed by atoms with Gasteiger partial charge in [-0.05, 0) is 31.2 Å². The van der Waals surface area contributed by atoms with Crippen molar-refractivity contribution in [3.05, 3.63) is 70.0 Å². The Morgan fingerprint density at radius 1 is 1.27 bits per heavy atom. The quantitative estimate of drug-likeness (QED) is 0.789. The maximum absolute atomic E-state index is 13.6. The Balaban J connectivity index is 1.75. The van der Waals surface area contributed by atoms with E-state index in [0.29, 0.717) is 34.2 Å². The molecule has 0 aliphatic carbocycles. The molecule has 0 atom stereocenters. The van der Waals surface area contributed by atoms with Gasteiger partial charge in [-0.3, -0.25) is 4.79 Å². The van der Waals surface area contributed by atoms with E-state index in [4.69, 9.17) is 11.6 Å². The number of benzene rings is 2. The fraction of sp³-hybridized carbons (Fsp3) is 0.235. The number of halogens is 2. The van der Waals surface area contributed by atoms with E-state index < -0.39 is 0 Å². The van der Waals surface area contributed by atoms with Crippen LogP contribution in [0.4, 0.5) is 4.39 Å². The minimum absolute atomic E-state index is 0.0896. The first-order valence-electron chi connectivity index (χ1n) is 6.93. The first-order chi connectivity index (χ1) is 10.6. The summed E-state index contributed by atoms with van der Waals surface area (Å²) in [7, 11) is 0. The molecule has 0 radical (unpaired) electrons. The van der Waals surface area contributed by atoms with Gasteiger partial charge in [-0.15, -0.1) is 0 Å². The largest absolute Gasteiger partial charge is 0.351 e. The molecule has 2 rings (SSSR count). The van der Waals surface area contributed by atoms with Crippen molar-refractivity contribution < 1.29 is 9.18 Å². The molecule has 1 N–H and O–H groups in total. The first kappa shape index (κ1) is 16.8. The lowest BCUT2D eigenvalue weighted by atomic mass is 10.1.